The van der Waals surface area contributed by atoms with Crippen molar-refractivity contribution in [3.63, 3.8) is 0 Å². The third kappa shape index (κ3) is 3.06. The van der Waals surface area contributed by atoms with Gasteiger partial charge in [0.05, 0.1) is 10.6 Å². The summed E-state index contributed by atoms with van der Waals surface area (Å²) in [7, 11) is -3.86. The summed E-state index contributed by atoms with van der Waals surface area (Å²) in [5.41, 5.74) is -0.534. The molecule has 0 spiro atoms. The van der Waals surface area contributed by atoms with Crippen molar-refractivity contribution < 1.29 is 13.5 Å². The molecule has 0 amide bonds. The molecule has 0 bridgehead atoms. The second-order valence-electron chi connectivity index (χ2n) is 5.60. The second kappa shape index (κ2) is 5.93. The van der Waals surface area contributed by atoms with Crippen LogP contribution >= 0.6 is 11.6 Å². The van der Waals surface area contributed by atoms with Crippen molar-refractivity contribution in [3.8, 4) is 6.07 Å². The first kappa shape index (κ1) is 16.2. The molecule has 1 aromatic rings. The summed E-state index contributed by atoms with van der Waals surface area (Å²) in [6, 6.07) is 5.82. The zero-order valence-electron chi connectivity index (χ0n) is 11.6. The molecular formula is C14H17ClN2O3S. The van der Waals surface area contributed by atoms with Gasteiger partial charge in [0, 0.05) is 18.1 Å². The molecule has 0 saturated heterocycles. The molecule has 1 aliphatic carbocycles. The molecule has 114 valence electrons. The average molecular weight is 329 g/mol. The van der Waals surface area contributed by atoms with Crippen LogP contribution < -0.4 is 4.72 Å². The van der Waals surface area contributed by atoms with Crippen LogP contribution in [0.15, 0.2) is 23.1 Å². The van der Waals surface area contributed by atoms with Crippen molar-refractivity contribution in [2.45, 2.75) is 37.1 Å². The van der Waals surface area contributed by atoms with Gasteiger partial charge in [-0.2, -0.15) is 5.26 Å². The Bertz CT molecular complexity index is 684. The molecule has 1 saturated carbocycles. The van der Waals surface area contributed by atoms with E-state index >= 15 is 0 Å². The number of aliphatic hydroxyl groups excluding tert-OH is 1. The molecule has 1 fully saturated rings. The lowest BCUT2D eigenvalue weighted by molar-refractivity contribution is 0.127. The highest BCUT2D eigenvalue weighted by atomic mass is 35.5. The van der Waals surface area contributed by atoms with Crippen LogP contribution in [-0.2, 0) is 10.0 Å². The molecule has 5 nitrogen and oxygen atoms in total. The Kier molecular flexibility index (Phi) is 4.59. The van der Waals surface area contributed by atoms with Crippen molar-refractivity contribution in [2.24, 2.45) is 5.41 Å². The number of nitriles is 1. The number of rotatable bonds is 4. The number of benzene rings is 1. The third-order valence-electron chi connectivity index (χ3n) is 4.12. The molecule has 1 aromatic carbocycles. The fourth-order valence-corrected chi connectivity index (χ4v) is 4.57. The zero-order chi connectivity index (χ0) is 15.7. The summed E-state index contributed by atoms with van der Waals surface area (Å²) in [5.74, 6) is 0. The fraction of sp³-hybridized carbons (Fsp3) is 0.500. The molecule has 0 heterocycles. The van der Waals surface area contributed by atoms with Gasteiger partial charge in [0.25, 0.3) is 0 Å². The van der Waals surface area contributed by atoms with Gasteiger partial charge in [-0.05, 0) is 25.0 Å². The summed E-state index contributed by atoms with van der Waals surface area (Å²) in [5, 5.41) is 18.7. The smallest absolute Gasteiger partial charge is 0.242 e. The van der Waals surface area contributed by atoms with Gasteiger partial charge >= 0.3 is 0 Å². The van der Waals surface area contributed by atoms with Gasteiger partial charge in [-0.25, -0.2) is 13.1 Å². The molecule has 0 radical (unpaired) electrons. The Morgan fingerprint density at radius 2 is 2.29 bits per heavy atom. The topological polar surface area (TPSA) is 90.2 Å². The molecule has 2 rings (SSSR count). The van der Waals surface area contributed by atoms with Crippen LogP contribution in [0, 0.1) is 16.7 Å². The number of sulfonamides is 1. The molecule has 2 atom stereocenters. The molecule has 0 aliphatic heterocycles. The highest BCUT2D eigenvalue weighted by molar-refractivity contribution is 7.89. The van der Waals surface area contributed by atoms with Gasteiger partial charge < -0.3 is 5.11 Å². The summed E-state index contributed by atoms with van der Waals surface area (Å²) < 4.78 is 27.7. The van der Waals surface area contributed by atoms with Crippen molar-refractivity contribution in [1.29, 1.82) is 5.26 Å². The quantitative estimate of drug-likeness (QED) is 0.885. The Morgan fingerprint density at radius 3 is 2.90 bits per heavy atom. The van der Waals surface area contributed by atoms with E-state index in [1.165, 1.54) is 18.2 Å². The molecular weight excluding hydrogens is 312 g/mol. The van der Waals surface area contributed by atoms with E-state index < -0.39 is 15.4 Å². The molecule has 1 aliphatic rings. The second-order valence-corrected chi connectivity index (χ2v) is 7.69. The largest absolute Gasteiger partial charge is 0.396 e. The predicted molar refractivity (Wildman–Crippen MR) is 79.3 cm³/mol. The lowest BCUT2D eigenvalue weighted by atomic mass is 9.86. The van der Waals surface area contributed by atoms with E-state index in [9.17, 15) is 13.5 Å². The van der Waals surface area contributed by atoms with Crippen LogP contribution in [0.4, 0.5) is 0 Å². The average Bonchev–Trinajstić information content (AvgIpc) is 2.80. The molecule has 0 aromatic heterocycles. The van der Waals surface area contributed by atoms with Gasteiger partial charge in [0.2, 0.25) is 10.0 Å². The van der Waals surface area contributed by atoms with E-state index in [1.807, 2.05) is 13.0 Å². The van der Waals surface area contributed by atoms with Crippen LogP contribution in [-0.4, -0.2) is 26.2 Å². The highest BCUT2D eigenvalue weighted by Crippen LogP contribution is 2.38. The Balaban J connectivity index is 2.37. The Labute approximate surface area is 129 Å². The normalized spacial score (nSPS) is 25.7. The SMILES string of the molecule is C[C@]1(CO)CCC[C@@H]1NS(=O)(=O)c1cccc(Cl)c1C#N. The summed E-state index contributed by atoms with van der Waals surface area (Å²) >= 11 is 5.88. The standard InChI is InChI=1S/C14H17ClN2O3S/c1-14(9-18)7-3-6-13(14)17-21(19,20)12-5-2-4-11(15)10(12)8-16/h2,4-5,13,17-18H,3,6-7,9H2,1H3/t13-,14+/m0/s1. The zero-order valence-corrected chi connectivity index (χ0v) is 13.2. The van der Waals surface area contributed by atoms with E-state index in [1.54, 1.807) is 0 Å². The van der Waals surface area contributed by atoms with Gasteiger partial charge in [0.1, 0.15) is 11.0 Å². The molecule has 7 heteroatoms. The van der Waals surface area contributed by atoms with Crippen molar-refractivity contribution in [1.82, 2.24) is 4.72 Å². The van der Waals surface area contributed by atoms with E-state index in [0.29, 0.717) is 6.42 Å². The van der Waals surface area contributed by atoms with Crippen LogP contribution in [0.2, 0.25) is 5.02 Å². The predicted octanol–water partition coefficient (Wildman–Crippen LogP) is 2.04. The highest BCUT2D eigenvalue weighted by Gasteiger charge is 2.41. The maximum Gasteiger partial charge on any atom is 0.242 e. The van der Waals surface area contributed by atoms with Gasteiger partial charge in [-0.1, -0.05) is 31.0 Å². The molecule has 0 unspecified atom stereocenters. The number of halogens is 1. The van der Waals surface area contributed by atoms with Crippen LogP contribution in [0.5, 0.6) is 0 Å². The third-order valence-corrected chi connectivity index (χ3v) is 5.95. The minimum absolute atomic E-state index is 0.0598. The Hall–Kier alpha value is -1.13. The van der Waals surface area contributed by atoms with E-state index in [-0.39, 0.29) is 28.1 Å². The van der Waals surface area contributed by atoms with Crippen molar-refractivity contribution in [2.75, 3.05) is 6.61 Å². The van der Waals surface area contributed by atoms with Crippen molar-refractivity contribution in [3.05, 3.63) is 28.8 Å². The number of hydrogen-bond donors (Lipinski definition) is 2. The van der Waals surface area contributed by atoms with E-state index in [2.05, 4.69) is 4.72 Å². The minimum atomic E-state index is -3.86. The summed E-state index contributed by atoms with van der Waals surface area (Å²) in [6.45, 7) is 1.78. The van der Waals surface area contributed by atoms with E-state index in [0.717, 1.165) is 12.8 Å². The number of hydrogen-bond acceptors (Lipinski definition) is 4. The number of aliphatic hydroxyl groups is 1. The van der Waals surface area contributed by atoms with Gasteiger partial charge in [-0.3, -0.25) is 0 Å². The van der Waals surface area contributed by atoms with Crippen LogP contribution in [0.1, 0.15) is 31.7 Å². The maximum absolute atomic E-state index is 12.5. The minimum Gasteiger partial charge on any atom is -0.396 e. The fourth-order valence-electron chi connectivity index (χ4n) is 2.71. The lowest BCUT2D eigenvalue weighted by Crippen LogP contribution is -2.44. The first-order chi connectivity index (χ1) is 9.84. The lowest BCUT2D eigenvalue weighted by Gasteiger charge is -2.30. The number of nitrogens with zero attached hydrogens (tertiary/aromatic N) is 1. The number of nitrogens with one attached hydrogen (secondary N) is 1. The Morgan fingerprint density at radius 1 is 1.57 bits per heavy atom. The summed E-state index contributed by atoms with van der Waals surface area (Å²) in [4.78, 5) is -0.121. The van der Waals surface area contributed by atoms with E-state index in [4.69, 9.17) is 16.9 Å². The van der Waals surface area contributed by atoms with Crippen molar-refractivity contribution >= 4 is 21.6 Å². The first-order valence-electron chi connectivity index (χ1n) is 6.66. The molecule has 2 N–H and O–H groups in total. The van der Waals surface area contributed by atoms with Gasteiger partial charge in [-0.15, -0.1) is 0 Å². The molecule has 21 heavy (non-hydrogen) atoms. The van der Waals surface area contributed by atoms with Crippen LogP contribution in [0.3, 0.4) is 0 Å². The summed E-state index contributed by atoms with van der Waals surface area (Å²) in [6.07, 6.45) is 2.28. The van der Waals surface area contributed by atoms with Gasteiger partial charge in [0.15, 0.2) is 0 Å². The van der Waals surface area contributed by atoms with Crippen LogP contribution in [0.25, 0.3) is 0 Å². The maximum atomic E-state index is 12.5. The first-order valence-corrected chi connectivity index (χ1v) is 8.52. The monoisotopic (exact) mass is 328 g/mol.